The molecule has 17 heavy (non-hydrogen) atoms. The molecule has 1 unspecified atom stereocenters. The fourth-order valence-electron chi connectivity index (χ4n) is 1.60. The predicted molar refractivity (Wildman–Crippen MR) is 68.3 cm³/mol. The number of carbonyl (C=O) groups is 1. The molecule has 1 rings (SSSR count). The summed E-state index contributed by atoms with van der Waals surface area (Å²) >= 11 is 0. The van der Waals surface area contributed by atoms with E-state index in [1.807, 2.05) is 32.0 Å². The highest BCUT2D eigenvalue weighted by Crippen LogP contribution is 2.08. The summed E-state index contributed by atoms with van der Waals surface area (Å²) in [4.78, 5) is 15.8. The zero-order valence-corrected chi connectivity index (χ0v) is 10.5. The lowest BCUT2D eigenvalue weighted by molar-refractivity contribution is -0.121. The van der Waals surface area contributed by atoms with E-state index < -0.39 is 0 Å². The Morgan fingerprint density at radius 2 is 2.24 bits per heavy atom. The number of pyridine rings is 1. The molecule has 0 bridgehead atoms. The average Bonchev–Trinajstić information content (AvgIpc) is 2.29. The Labute approximate surface area is 103 Å². The van der Waals surface area contributed by atoms with Gasteiger partial charge >= 0.3 is 0 Å². The molecule has 0 saturated heterocycles. The Hall–Kier alpha value is -1.42. The van der Waals surface area contributed by atoms with E-state index in [4.69, 9.17) is 5.73 Å². The monoisotopic (exact) mass is 235 g/mol. The molecule has 0 aliphatic rings. The summed E-state index contributed by atoms with van der Waals surface area (Å²) < 4.78 is 0. The Morgan fingerprint density at radius 3 is 2.82 bits per heavy atom. The number of aromatic nitrogens is 1. The van der Waals surface area contributed by atoms with Crippen LogP contribution in [0.1, 0.15) is 44.8 Å². The van der Waals surface area contributed by atoms with Gasteiger partial charge in [0.15, 0.2) is 0 Å². The number of nitrogens with two attached hydrogens (primary N) is 1. The second-order valence-electron chi connectivity index (χ2n) is 4.41. The molecule has 3 N–H and O–H groups in total. The molecule has 0 radical (unpaired) electrons. The first-order valence-electron chi connectivity index (χ1n) is 6.05. The maximum absolute atomic E-state index is 11.6. The third-order valence-corrected chi connectivity index (χ3v) is 2.57. The Bertz CT molecular complexity index is 338. The van der Waals surface area contributed by atoms with Crippen molar-refractivity contribution in [1.29, 1.82) is 0 Å². The molecule has 0 spiro atoms. The van der Waals surface area contributed by atoms with Gasteiger partial charge in [-0.25, -0.2) is 0 Å². The second-order valence-corrected chi connectivity index (χ2v) is 4.41. The highest BCUT2D eigenvalue weighted by Gasteiger charge is 2.09. The minimum Gasteiger partial charge on any atom is -0.348 e. The second kappa shape index (κ2) is 7.01. The molecule has 1 aromatic heterocycles. The van der Waals surface area contributed by atoms with Crippen LogP contribution in [0.3, 0.4) is 0 Å². The summed E-state index contributed by atoms with van der Waals surface area (Å²) in [6, 6.07) is 5.81. The molecule has 94 valence electrons. The van der Waals surface area contributed by atoms with E-state index in [1.165, 1.54) is 0 Å². The van der Waals surface area contributed by atoms with Gasteiger partial charge in [0.25, 0.3) is 0 Å². The highest BCUT2D eigenvalue weighted by atomic mass is 16.1. The third-order valence-electron chi connectivity index (χ3n) is 2.57. The lowest BCUT2D eigenvalue weighted by Gasteiger charge is -2.13. The van der Waals surface area contributed by atoms with Crippen molar-refractivity contribution in [2.45, 2.75) is 45.2 Å². The van der Waals surface area contributed by atoms with Crippen molar-refractivity contribution in [3.05, 3.63) is 30.1 Å². The molecular weight excluding hydrogens is 214 g/mol. The highest BCUT2D eigenvalue weighted by molar-refractivity contribution is 5.76. The van der Waals surface area contributed by atoms with Crippen LogP contribution in [0, 0.1) is 0 Å². The molecule has 4 heteroatoms. The van der Waals surface area contributed by atoms with Crippen molar-refractivity contribution in [2.75, 3.05) is 0 Å². The summed E-state index contributed by atoms with van der Waals surface area (Å²) in [5.41, 5.74) is 6.51. The molecule has 0 aliphatic heterocycles. The van der Waals surface area contributed by atoms with Gasteiger partial charge in [-0.3, -0.25) is 9.78 Å². The molecular formula is C13H21N3O. The van der Waals surface area contributed by atoms with Crippen molar-refractivity contribution < 1.29 is 4.79 Å². The molecule has 0 fully saturated rings. The van der Waals surface area contributed by atoms with E-state index in [1.54, 1.807) is 6.20 Å². The molecule has 4 nitrogen and oxygen atoms in total. The van der Waals surface area contributed by atoms with Gasteiger partial charge in [-0.1, -0.05) is 6.07 Å². The molecule has 1 aromatic rings. The molecule has 1 heterocycles. The number of carbonyl (C=O) groups excluding carboxylic acids is 1. The van der Waals surface area contributed by atoms with Crippen molar-refractivity contribution in [1.82, 2.24) is 10.3 Å². The first-order valence-corrected chi connectivity index (χ1v) is 6.05. The zero-order valence-electron chi connectivity index (χ0n) is 10.5. The van der Waals surface area contributed by atoms with Crippen LogP contribution in [0.5, 0.6) is 0 Å². The van der Waals surface area contributed by atoms with Crippen molar-refractivity contribution in [3.63, 3.8) is 0 Å². The molecule has 0 aliphatic carbocycles. The summed E-state index contributed by atoms with van der Waals surface area (Å²) in [7, 11) is 0. The normalized spacial score (nSPS) is 14.1. The largest absolute Gasteiger partial charge is 0.348 e. The van der Waals surface area contributed by atoms with E-state index in [9.17, 15) is 4.79 Å². The lowest BCUT2D eigenvalue weighted by Crippen LogP contribution is -2.27. The topological polar surface area (TPSA) is 68.0 Å². The minimum absolute atomic E-state index is 0.0426. The van der Waals surface area contributed by atoms with E-state index in [0.29, 0.717) is 6.42 Å². The van der Waals surface area contributed by atoms with Crippen LogP contribution in [-0.4, -0.2) is 16.9 Å². The van der Waals surface area contributed by atoms with Gasteiger partial charge in [0.1, 0.15) is 0 Å². The smallest absolute Gasteiger partial charge is 0.220 e. The van der Waals surface area contributed by atoms with Crippen molar-refractivity contribution in [3.8, 4) is 0 Å². The fraction of sp³-hybridized carbons (Fsp3) is 0.538. The van der Waals surface area contributed by atoms with Crippen molar-refractivity contribution >= 4 is 5.91 Å². The predicted octanol–water partition coefficient (Wildman–Crippen LogP) is 1.78. The van der Waals surface area contributed by atoms with Crippen molar-refractivity contribution in [2.24, 2.45) is 5.73 Å². The summed E-state index contributed by atoms with van der Waals surface area (Å²) in [6.45, 7) is 3.89. The Kier molecular flexibility index (Phi) is 5.63. The quantitative estimate of drug-likeness (QED) is 0.789. The van der Waals surface area contributed by atoms with E-state index in [0.717, 1.165) is 18.5 Å². The molecule has 1 amide bonds. The fourth-order valence-corrected chi connectivity index (χ4v) is 1.60. The van der Waals surface area contributed by atoms with Crippen LogP contribution in [0.25, 0.3) is 0 Å². The van der Waals surface area contributed by atoms with Gasteiger partial charge in [0.2, 0.25) is 5.91 Å². The van der Waals surface area contributed by atoms with Crippen LogP contribution in [0.15, 0.2) is 24.4 Å². The van der Waals surface area contributed by atoms with Gasteiger partial charge in [-0.05, 0) is 38.8 Å². The van der Waals surface area contributed by atoms with Gasteiger partial charge in [0.05, 0.1) is 11.7 Å². The summed E-state index contributed by atoms with van der Waals surface area (Å²) in [6.07, 6.45) is 3.97. The van der Waals surface area contributed by atoms with Gasteiger partial charge in [-0.15, -0.1) is 0 Å². The minimum atomic E-state index is -0.0426. The Balaban J connectivity index is 2.31. The number of hydrogen-bond donors (Lipinski definition) is 2. The van der Waals surface area contributed by atoms with Gasteiger partial charge in [-0.2, -0.15) is 0 Å². The van der Waals surface area contributed by atoms with E-state index >= 15 is 0 Å². The van der Waals surface area contributed by atoms with Crippen LogP contribution < -0.4 is 11.1 Å². The molecule has 0 aromatic carbocycles. The average molecular weight is 235 g/mol. The SMILES string of the molecule is CC(N)CCCC(=O)N[C@@H](C)c1ccccn1. The lowest BCUT2D eigenvalue weighted by atomic mass is 10.1. The van der Waals surface area contributed by atoms with E-state index in [2.05, 4.69) is 10.3 Å². The molecule has 2 atom stereocenters. The number of amides is 1. The number of nitrogens with zero attached hydrogens (tertiary/aromatic N) is 1. The Morgan fingerprint density at radius 1 is 1.47 bits per heavy atom. The van der Waals surface area contributed by atoms with E-state index in [-0.39, 0.29) is 18.0 Å². The van der Waals surface area contributed by atoms with Crippen LogP contribution in [0.4, 0.5) is 0 Å². The summed E-state index contributed by atoms with van der Waals surface area (Å²) in [5, 5.41) is 2.93. The number of rotatable bonds is 6. The van der Waals surface area contributed by atoms with Gasteiger partial charge in [0, 0.05) is 18.7 Å². The maximum atomic E-state index is 11.6. The maximum Gasteiger partial charge on any atom is 0.220 e. The van der Waals surface area contributed by atoms with Crippen LogP contribution in [0.2, 0.25) is 0 Å². The van der Waals surface area contributed by atoms with Crippen LogP contribution in [-0.2, 0) is 4.79 Å². The van der Waals surface area contributed by atoms with Crippen LogP contribution >= 0.6 is 0 Å². The molecule has 0 saturated carbocycles. The summed E-state index contributed by atoms with van der Waals surface area (Å²) in [5.74, 6) is 0.0591. The first kappa shape index (κ1) is 13.6. The zero-order chi connectivity index (χ0) is 12.7. The number of hydrogen-bond acceptors (Lipinski definition) is 3. The first-order chi connectivity index (χ1) is 8.09. The standard InChI is InChI=1S/C13H21N3O/c1-10(14)6-5-8-13(17)16-11(2)12-7-3-4-9-15-12/h3-4,7,9-11H,5-6,8,14H2,1-2H3,(H,16,17)/t10?,11-/m0/s1. The van der Waals surface area contributed by atoms with Gasteiger partial charge < -0.3 is 11.1 Å². The number of nitrogens with one attached hydrogen (secondary N) is 1. The third kappa shape index (κ3) is 5.45.